The Morgan fingerprint density at radius 3 is 0.851 bits per heavy atom. The van der Waals surface area contributed by atoms with Crippen molar-refractivity contribution in [1.29, 1.82) is 0 Å². The van der Waals surface area contributed by atoms with Crippen LogP contribution < -0.4 is 37.2 Å². The number of ether oxygens (including phenoxy) is 14. The molecule has 3 aliphatic rings. The van der Waals surface area contributed by atoms with Crippen LogP contribution >= 0.6 is 0 Å². The monoisotopic (exact) mass is 1870 g/mol. The molecule has 8 N–H and O–H groups in total. The summed E-state index contributed by atoms with van der Waals surface area (Å²) in [6.07, 6.45) is -4.61. The Morgan fingerprint density at radius 1 is 0.306 bits per heavy atom. The molecule has 0 spiro atoms. The SMILES string of the molecule is CCC1O[C@@H](OCCCC(=O)NCCCNC(=O)CCOCC(COCCC(=O)NCCCNC(=O)CCCO[C@@H]2OC(COC(=O)c3ccccc3)[C@@H](C)[C@H](C)C2OC(=O)c2ccccc2)(COCCC(=O)NCCCNC(=O)CCCO[C@@H]2OC(COC(=O)c3ccccc3)[C@@H](C)[C@H](C)C2OC(=O)c2ccccc2)NC(=O)CCCC(=O)O)C(OC(=O)c2ccccc2)[C@@H](C)[C@@H]1C. The molecule has 3 heterocycles. The fourth-order valence-electron chi connectivity index (χ4n) is 15.2. The van der Waals surface area contributed by atoms with Crippen molar-refractivity contribution in [1.82, 2.24) is 37.2 Å². The Kier molecular flexibility index (Phi) is 48.1. The van der Waals surface area contributed by atoms with Gasteiger partial charge in [0.15, 0.2) is 37.2 Å². The number of benzene rings is 5. The number of amides is 7. The molecule has 134 heavy (non-hydrogen) atoms. The maximum Gasteiger partial charge on any atom is 0.338 e. The van der Waals surface area contributed by atoms with Crippen LogP contribution in [0.1, 0.15) is 203 Å². The summed E-state index contributed by atoms with van der Waals surface area (Å²) in [4.78, 5) is 169. The molecule has 35 nitrogen and oxygen atoms in total. The van der Waals surface area contributed by atoms with Crippen LogP contribution in [0.4, 0.5) is 0 Å². The molecular weight excluding hydrogens is 1740 g/mol. The largest absolute Gasteiger partial charge is 0.481 e. The maximum atomic E-state index is 13.7. The van der Waals surface area contributed by atoms with Crippen LogP contribution in [0.25, 0.3) is 0 Å². The topological polar surface area (TPSA) is 456 Å². The molecule has 7 amide bonds. The minimum Gasteiger partial charge on any atom is -0.481 e. The van der Waals surface area contributed by atoms with Crippen molar-refractivity contribution < 1.29 is 134 Å². The highest BCUT2D eigenvalue weighted by Crippen LogP contribution is 2.38. The summed E-state index contributed by atoms with van der Waals surface area (Å²) in [7, 11) is 0. The number of carboxylic acid groups (broad SMARTS) is 1. The van der Waals surface area contributed by atoms with Gasteiger partial charge in [-0.15, -0.1) is 0 Å². The molecule has 0 aliphatic carbocycles. The van der Waals surface area contributed by atoms with Gasteiger partial charge in [0.25, 0.3) is 0 Å². The fourth-order valence-corrected chi connectivity index (χ4v) is 15.2. The van der Waals surface area contributed by atoms with Gasteiger partial charge < -0.3 is 109 Å². The normalized spacial score (nSPS) is 21.8. The summed E-state index contributed by atoms with van der Waals surface area (Å²) in [6.45, 7) is 13.6. The Labute approximate surface area is 783 Å². The van der Waals surface area contributed by atoms with Crippen molar-refractivity contribution in [3.8, 4) is 0 Å². The van der Waals surface area contributed by atoms with Crippen LogP contribution in [0.5, 0.6) is 0 Å². The summed E-state index contributed by atoms with van der Waals surface area (Å²) < 4.78 is 84.9. The second-order valence-electron chi connectivity index (χ2n) is 33.9. The van der Waals surface area contributed by atoms with Crippen LogP contribution in [-0.4, -0.2) is 255 Å². The Bertz CT molecular complexity index is 4240. The first-order chi connectivity index (χ1) is 64.7. The Balaban J connectivity index is 0.778. The number of esters is 5. The van der Waals surface area contributed by atoms with Crippen LogP contribution in [-0.2, 0) is 105 Å². The van der Waals surface area contributed by atoms with E-state index in [1.165, 1.54) is 0 Å². The van der Waals surface area contributed by atoms with Gasteiger partial charge in [-0.05, 0) is 130 Å². The van der Waals surface area contributed by atoms with Crippen LogP contribution in [0.2, 0.25) is 0 Å². The zero-order chi connectivity index (χ0) is 96.4. The summed E-state index contributed by atoms with van der Waals surface area (Å²) >= 11 is 0. The van der Waals surface area contributed by atoms with E-state index in [0.717, 1.165) is 6.42 Å². The lowest BCUT2D eigenvalue weighted by atomic mass is 9.82. The molecule has 15 atom stereocenters. The van der Waals surface area contributed by atoms with E-state index in [4.69, 9.17) is 66.3 Å². The highest BCUT2D eigenvalue weighted by Gasteiger charge is 2.48. The van der Waals surface area contributed by atoms with E-state index in [9.17, 15) is 67.4 Å². The van der Waals surface area contributed by atoms with Gasteiger partial charge in [-0.2, -0.15) is 0 Å². The second-order valence-corrected chi connectivity index (χ2v) is 33.9. The number of aliphatic carboxylic acids is 1. The molecule has 0 radical (unpaired) electrons. The predicted octanol–water partition coefficient (Wildman–Crippen LogP) is 9.37. The molecule has 0 aromatic heterocycles. The van der Waals surface area contributed by atoms with E-state index in [1.807, 2.05) is 47.6 Å². The smallest absolute Gasteiger partial charge is 0.338 e. The zero-order valence-corrected chi connectivity index (χ0v) is 77.9. The first kappa shape index (κ1) is 108. The van der Waals surface area contributed by atoms with E-state index in [1.54, 1.807) is 146 Å². The average Bonchev–Trinajstić information content (AvgIpc) is 0.822. The standard InChI is InChI=1S/C99H135N7O28/c1-8-77-66(2)69(5)88(132-93(118)74-35-18-11-19-36-74)96(129-77)124-55-25-42-80(107)100-49-28-52-103-83(110)46-58-121-63-99(106-86(113)41-24-45-87(114)115,64-122-59-47-84(111)104-53-29-50-101-81(108)43-26-56-125-97-89(133-94(119)75-37-20-12-21-38-75)70(6)67(3)78(130-97)61-127-91(116)72-31-14-9-15-32-72)65-123-60-48-85(112)105-54-30-51-102-82(109)44-27-57-126-98-90(134-95(120)76-39-22-13-23-40-76)71(7)68(4)79(131-98)62-128-92(117)73-33-16-10-17-34-73/h9-23,31-40,66-71,77-79,88-90,96-98H,8,24-30,41-65H2,1-7H3,(H,100,107)(H,101,108)(H,102,109)(H,103,110)(H,104,111)(H,105,112)(H,106,113)(H,114,115)/t66-,67-,68-,69-,70-,71-,77?,78?,79?,88?,89?,90?,96+,97+,98+,99?/m0/s1. The quantitative estimate of drug-likeness (QED) is 0.0102. The van der Waals surface area contributed by atoms with Gasteiger partial charge in [0.2, 0.25) is 41.4 Å². The number of carboxylic acids is 1. The molecule has 3 aliphatic heterocycles. The van der Waals surface area contributed by atoms with Crippen LogP contribution in [0.15, 0.2) is 152 Å². The molecule has 8 rings (SSSR count). The zero-order valence-electron chi connectivity index (χ0n) is 77.9. The Morgan fingerprint density at radius 2 is 0.567 bits per heavy atom. The van der Waals surface area contributed by atoms with E-state index < -0.39 is 108 Å². The third-order valence-corrected chi connectivity index (χ3v) is 23.7. The number of carbonyl (C=O) groups excluding carboxylic acids is 12. The molecule has 0 bridgehead atoms. The van der Waals surface area contributed by atoms with Gasteiger partial charge in [0, 0.05) is 108 Å². The minimum atomic E-state index is -1.53. The second kappa shape index (κ2) is 59.6. The van der Waals surface area contributed by atoms with Crippen molar-refractivity contribution >= 4 is 77.2 Å². The lowest BCUT2D eigenvalue weighted by Crippen LogP contribution is -2.58. The van der Waals surface area contributed by atoms with Gasteiger partial charge in [0.1, 0.15) is 18.8 Å². The van der Waals surface area contributed by atoms with Crippen molar-refractivity contribution in [2.24, 2.45) is 35.5 Å². The lowest BCUT2D eigenvalue weighted by Gasteiger charge is -2.43. The summed E-state index contributed by atoms with van der Waals surface area (Å²) in [5.74, 6) is -7.38. The molecule has 5 aromatic rings. The van der Waals surface area contributed by atoms with Crippen molar-refractivity contribution in [3.63, 3.8) is 0 Å². The molecule has 3 fully saturated rings. The van der Waals surface area contributed by atoms with Gasteiger partial charge in [-0.25, -0.2) is 24.0 Å². The highest BCUT2D eigenvalue weighted by molar-refractivity contribution is 5.92. The highest BCUT2D eigenvalue weighted by atomic mass is 16.7. The van der Waals surface area contributed by atoms with Crippen LogP contribution in [0.3, 0.4) is 0 Å². The first-order valence-corrected chi connectivity index (χ1v) is 46.6. The predicted molar refractivity (Wildman–Crippen MR) is 488 cm³/mol. The summed E-state index contributed by atoms with van der Waals surface area (Å²) in [6, 6.07) is 42.8. The lowest BCUT2D eigenvalue weighted by molar-refractivity contribution is -0.274. The van der Waals surface area contributed by atoms with Gasteiger partial charge in [-0.3, -0.25) is 38.4 Å². The Hall–Kier alpha value is -11.2. The fraction of sp³-hybridized carbons (Fsp3) is 0.566. The molecule has 6 unspecified atom stereocenters. The number of hydrogen-bond acceptors (Lipinski definition) is 27. The summed E-state index contributed by atoms with van der Waals surface area (Å²) in [5.41, 5.74) is 0.321. The summed E-state index contributed by atoms with van der Waals surface area (Å²) in [5, 5.41) is 29.3. The third kappa shape index (κ3) is 38.3. The number of hydrogen-bond donors (Lipinski definition) is 8. The molecule has 3 saturated heterocycles. The van der Waals surface area contributed by atoms with Crippen molar-refractivity contribution in [3.05, 3.63) is 179 Å². The average molecular weight is 1870 g/mol. The molecule has 0 saturated carbocycles. The van der Waals surface area contributed by atoms with Crippen molar-refractivity contribution in [2.45, 2.75) is 212 Å². The molecule has 5 aromatic carbocycles. The van der Waals surface area contributed by atoms with Crippen molar-refractivity contribution in [2.75, 3.05) is 112 Å². The van der Waals surface area contributed by atoms with E-state index >= 15 is 0 Å². The molecule has 35 heteroatoms. The van der Waals surface area contributed by atoms with Gasteiger partial charge >= 0.3 is 35.8 Å². The molecule has 734 valence electrons. The third-order valence-electron chi connectivity index (χ3n) is 23.7. The van der Waals surface area contributed by atoms with E-state index in [0.29, 0.717) is 53.5 Å². The molecular formula is C99H135N7O28. The van der Waals surface area contributed by atoms with Crippen LogP contribution in [0, 0.1) is 35.5 Å². The van der Waals surface area contributed by atoms with Gasteiger partial charge in [0.05, 0.1) is 106 Å². The number of nitrogens with one attached hydrogen (secondary N) is 7. The van der Waals surface area contributed by atoms with E-state index in [2.05, 4.69) is 44.1 Å². The number of rotatable bonds is 60. The maximum absolute atomic E-state index is 13.7. The first-order valence-electron chi connectivity index (χ1n) is 46.6. The van der Waals surface area contributed by atoms with Gasteiger partial charge in [-0.1, -0.05) is 139 Å². The minimum absolute atomic E-state index is 0.0259. The number of carbonyl (C=O) groups is 13. The van der Waals surface area contributed by atoms with E-state index in [-0.39, 0.29) is 248 Å².